The molecule has 1 saturated carbocycles. The van der Waals surface area contributed by atoms with Crippen LogP contribution in [-0.4, -0.2) is 37.5 Å². The fourth-order valence-corrected chi connectivity index (χ4v) is 4.57. The van der Waals surface area contributed by atoms with Crippen molar-refractivity contribution in [1.82, 2.24) is 25.1 Å². The van der Waals surface area contributed by atoms with Crippen molar-refractivity contribution < 1.29 is 4.79 Å². The van der Waals surface area contributed by atoms with E-state index in [0.29, 0.717) is 22.9 Å². The van der Waals surface area contributed by atoms with Crippen LogP contribution >= 0.6 is 11.8 Å². The minimum atomic E-state index is 0.0542. The van der Waals surface area contributed by atoms with Crippen LogP contribution in [0.5, 0.6) is 0 Å². The SMILES string of the molecule is CCn1c2ccccc2c2nnc(SCC(=O)N[C@@H]3CCCC[C@@H]3C)nc21. The second-order valence-corrected chi connectivity index (χ2v) is 8.19. The zero-order valence-electron chi connectivity index (χ0n) is 15.8. The molecule has 3 aromatic rings. The lowest BCUT2D eigenvalue weighted by molar-refractivity contribution is -0.119. The first-order chi connectivity index (χ1) is 13.2. The van der Waals surface area contributed by atoms with Gasteiger partial charge < -0.3 is 9.88 Å². The van der Waals surface area contributed by atoms with Crippen molar-refractivity contribution in [3.8, 4) is 0 Å². The monoisotopic (exact) mass is 383 g/mol. The number of benzene rings is 1. The third-order valence-corrected chi connectivity index (χ3v) is 6.30. The van der Waals surface area contributed by atoms with Gasteiger partial charge in [0.2, 0.25) is 11.1 Å². The number of thioether (sulfide) groups is 1. The molecule has 0 unspecified atom stereocenters. The summed E-state index contributed by atoms with van der Waals surface area (Å²) in [5.41, 5.74) is 2.76. The Morgan fingerprint density at radius 2 is 2.07 bits per heavy atom. The Hall–Kier alpha value is -2.15. The van der Waals surface area contributed by atoms with E-state index >= 15 is 0 Å². The first-order valence-electron chi connectivity index (χ1n) is 9.71. The molecule has 2 heterocycles. The van der Waals surface area contributed by atoms with Gasteiger partial charge in [0, 0.05) is 18.0 Å². The van der Waals surface area contributed by atoms with Crippen LogP contribution in [0.3, 0.4) is 0 Å². The molecular weight excluding hydrogens is 358 g/mol. The number of rotatable bonds is 5. The van der Waals surface area contributed by atoms with Gasteiger partial charge in [-0.05, 0) is 31.7 Å². The number of hydrogen-bond donors (Lipinski definition) is 1. The quantitative estimate of drug-likeness (QED) is 0.679. The zero-order valence-corrected chi connectivity index (χ0v) is 16.6. The van der Waals surface area contributed by atoms with Crippen LogP contribution in [0.1, 0.15) is 39.5 Å². The molecular formula is C20H25N5OS. The predicted octanol–water partition coefficient (Wildman–Crippen LogP) is 3.79. The van der Waals surface area contributed by atoms with Crippen molar-refractivity contribution in [2.24, 2.45) is 5.92 Å². The van der Waals surface area contributed by atoms with Crippen LogP contribution in [0.4, 0.5) is 0 Å². The lowest BCUT2D eigenvalue weighted by atomic mass is 9.86. The summed E-state index contributed by atoms with van der Waals surface area (Å²) in [6, 6.07) is 8.45. The summed E-state index contributed by atoms with van der Waals surface area (Å²) in [4.78, 5) is 17.0. The molecule has 0 bridgehead atoms. The van der Waals surface area contributed by atoms with Crippen molar-refractivity contribution in [2.45, 2.75) is 57.3 Å². The minimum absolute atomic E-state index is 0.0542. The molecule has 0 aliphatic heterocycles. The predicted molar refractivity (Wildman–Crippen MR) is 109 cm³/mol. The van der Waals surface area contributed by atoms with Crippen molar-refractivity contribution >= 4 is 39.7 Å². The standard InChI is InChI=1S/C20H25N5OS/c1-3-25-16-11-7-5-9-14(16)18-19(25)22-20(24-23-18)27-12-17(26)21-15-10-6-4-8-13(15)2/h5,7,9,11,13,15H,3-4,6,8,10,12H2,1-2H3,(H,21,26)/t13-,15+/m0/s1. The average molecular weight is 384 g/mol. The number of para-hydroxylation sites is 1. The van der Waals surface area contributed by atoms with Crippen LogP contribution < -0.4 is 5.32 Å². The number of nitrogens with one attached hydrogen (secondary N) is 1. The van der Waals surface area contributed by atoms with E-state index in [-0.39, 0.29) is 5.91 Å². The Balaban J connectivity index is 1.49. The highest BCUT2D eigenvalue weighted by Crippen LogP contribution is 2.27. The third kappa shape index (κ3) is 3.65. The van der Waals surface area contributed by atoms with Crippen molar-refractivity contribution in [3.05, 3.63) is 24.3 Å². The van der Waals surface area contributed by atoms with E-state index < -0.39 is 0 Å². The topological polar surface area (TPSA) is 72.7 Å². The molecule has 4 rings (SSSR count). The lowest BCUT2D eigenvalue weighted by Gasteiger charge is -2.29. The fraction of sp³-hybridized carbons (Fsp3) is 0.500. The number of nitrogens with zero attached hydrogens (tertiary/aromatic N) is 4. The maximum atomic E-state index is 12.3. The average Bonchev–Trinajstić information content (AvgIpc) is 3.01. The van der Waals surface area contributed by atoms with Crippen molar-refractivity contribution in [3.63, 3.8) is 0 Å². The number of aryl methyl sites for hydroxylation is 1. The van der Waals surface area contributed by atoms with E-state index in [9.17, 15) is 4.79 Å². The van der Waals surface area contributed by atoms with Gasteiger partial charge in [-0.3, -0.25) is 4.79 Å². The Bertz CT molecular complexity index is 970. The third-order valence-electron chi connectivity index (χ3n) is 5.46. The van der Waals surface area contributed by atoms with Gasteiger partial charge >= 0.3 is 0 Å². The molecule has 0 spiro atoms. The number of fused-ring (bicyclic) bond motifs is 3. The Kier molecular flexibility index (Phi) is 5.29. The molecule has 1 N–H and O–H groups in total. The minimum Gasteiger partial charge on any atom is -0.352 e. The molecule has 1 aliphatic carbocycles. The van der Waals surface area contributed by atoms with Crippen LogP contribution in [0.25, 0.3) is 22.1 Å². The summed E-state index contributed by atoms with van der Waals surface area (Å²) in [6.45, 7) is 5.13. The molecule has 2 atom stereocenters. The van der Waals surface area contributed by atoms with Gasteiger partial charge in [-0.1, -0.05) is 49.7 Å². The molecule has 1 aliphatic rings. The highest BCUT2D eigenvalue weighted by Gasteiger charge is 2.23. The molecule has 0 saturated heterocycles. The van der Waals surface area contributed by atoms with Gasteiger partial charge in [0.05, 0.1) is 11.3 Å². The summed E-state index contributed by atoms with van der Waals surface area (Å²) in [5, 5.41) is 13.4. The Labute approximate surface area is 163 Å². The molecule has 1 aromatic carbocycles. The van der Waals surface area contributed by atoms with Gasteiger partial charge in [-0.15, -0.1) is 10.2 Å². The Morgan fingerprint density at radius 1 is 1.26 bits per heavy atom. The zero-order chi connectivity index (χ0) is 18.8. The summed E-state index contributed by atoms with van der Waals surface area (Å²) < 4.78 is 2.15. The molecule has 1 fully saturated rings. The van der Waals surface area contributed by atoms with Crippen LogP contribution in [0.15, 0.2) is 29.4 Å². The van der Waals surface area contributed by atoms with Crippen molar-refractivity contribution in [2.75, 3.05) is 5.75 Å². The molecule has 7 heteroatoms. The number of aromatic nitrogens is 4. The maximum Gasteiger partial charge on any atom is 0.230 e. The molecule has 6 nitrogen and oxygen atoms in total. The van der Waals surface area contributed by atoms with Gasteiger partial charge in [0.15, 0.2) is 5.65 Å². The van der Waals surface area contributed by atoms with Gasteiger partial charge in [0.1, 0.15) is 5.52 Å². The first kappa shape index (κ1) is 18.2. The second kappa shape index (κ2) is 7.84. The number of hydrogen-bond acceptors (Lipinski definition) is 5. The largest absolute Gasteiger partial charge is 0.352 e. The van der Waals surface area contributed by atoms with Crippen molar-refractivity contribution in [1.29, 1.82) is 0 Å². The summed E-state index contributed by atoms with van der Waals surface area (Å²) in [7, 11) is 0. The first-order valence-corrected chi connectivity index (χ1v) is 10.7. The second-order valence-electron chi connectivity index (χ2n) is 7.25. The van der Waals surface area contributed by atoms with Gasteiger partial charge in [-0.2, -0.15) is 0 Å². The van der Waals surface area contributed by atoms with Crippen LogP contribution in [0.2, 0.25) is 0 Å². The summed E-state index contributed by atoms with van der Waals surface area (Å²) >= 11 is 1.35. The lowest BCUT2D eigenvalue weighted by Crippen LogP contribution is -2.41. The van der Waals surface area contributed by atoms with E-state index in [4.69, 9.17) is 0 Å². The van der Waals surface area contributed by atoms with E-state index in [1.54, 1.807) is 0 Å². The molecule has 27 heavy (non-hydrogen) atoms. The molecule has 0 radical (unpaired) electrons. The normalized spacial score (nSPS) is 20.2. The van der Waals surface area contributed by atoms with Gasteiger partial charge in [0.25, 0.3) is 0 Å². The van der Waals surface area contributed by atoms with Crippen LogP contribution in [-0.2, 0) is 11.3 Å². The van der Waals surface area contributed by atoms with E-state index in [1.165, 1.54) is 31.0 Å². The molecule has 142 valence electrons. The van der Waals surface area contributed by atoms with E-state index in [1.807, 2.05) is 18.2 Å². The molecule has 1 amide bonds. The highest BCUT2D eigenvalue weighted by molar-refractivity contribution is 7.99. The number of carbonyl (C=O) groups excluding carboxylic acids is 1. The fourth-order valence-electron chi connectivity index (χ4n) is 3.98. The number of carbonyl (C=O) groups is 1. The number of amides is 1. The van der Waals surface area contributed by atoms with E-state index in [2.05, 4.69) is 45.0 Å². The van der Waals surface area contributed by atoms with Gasteiger partial charge in [-0.25, -0.2) is 4.98 Å². The summed E-state index contributed by atoms with van der Waals surface area (Å²) in [5.74, 6) is 0.934. The maximum absolute atomic E-state index is 12.3. The van der Waals surface area contributed by atoms with E-state index in [0.717, 1.165) is 35.0 Å². The molecule has 2 aromatic heterocycles. The highest BCUT2D eigenvalue weighted by atomic mass is 32.2. The van der Waals surface area contributed by atoms with Crippen LogP contribution in [0, 0.1) is 5.92 Å². The Morgan fingerprint density at radius 3 is 2.89 bits per heavy atom. The smallest absolute Gasteiger partial charge is 0.230 e. The summed E-state index contributed by atoms with van der Waals surface area (Å²) in [6.07, 6.45) is 4.75.